The Balaban J connectivity index is 1.37. The van der Waals surface area contributed by atoms with E-state index in [1.807, 2.05) is 41.2 Å². The second-order valence-electron chi connectivity index (χ2n) is 7.94. The van der Waals surface area contributed by atoms with Crippen LogP contribution in [0.3, 0.4) is 0 Å². The quantitative estimate of drug-likeness (QED) is 0.761. The van der Waals surface area contributed by atoms with Gasteiger partial charge in [-0.05, 0) is 42.2 Å². The Hall–Kier alpha value is -2.47. The molecule has 5 heteroatoms. The highest BCUT2D eigenvalue weighted by Gasteiger charge is 2.46. The van der Waals surface area contributed by atoms with Gasteiger partial charge in [-0.15, -0.1) is 0 Å². The average molecular weight is 375 g/mol. The van der Waals surface area contributed by atoms with Crippen LogP contribution < -0.4 is 0 Å². The molecule has 2 unspecified atom stereocenters. The van der Waals surface area contributed by atoms with E-state index in [1.165, 1.54) is 5.56 Å². The number of ether oxygens (including phenoxy) is 1. The number of hydrogen-bond acceptors (Lipinski definition) is 4. The van der Waals surface area contributed by atoms with Gasteiger partial charge in [0.1, 0.15) is 0 Å². The Morgan fingerprint density at radius 1 is 0.964 bits per heavy atom. The number of aliphatic hydroxyl groups is 1. The van der Waals surface area contributed by atoms with E-state index in [0.717, 1.165) is 17.8 Å². The molecule has 1 N–H and O–H groups in total. The molecule has 0 spiro atoms. The summed E-state index contributed by atoms with van der Waals surface area (Å²) in [5, 5.41) is 15.8. The average Bonchev–Trinajstić information content (AvgIpc) is 3.25. The third-order valence-electron chi connectivity index (χ3n) is 6.09. The number of fused-ring (bicyclic) bond motifs is 2. The third kappa shape index (κ3) is 3.26. The van der Waals surface area contributed by atoms with Gasteiger partial charge in [0.05, 0.1) is 24.5 Å². The summed E-state index contributed by atoms with van der Waals surface area (Å²) in [6.45, 7) is 2.27. The van der Waals surface area contributed by atoms with Crippen molar-refractivity contribution in [3.63, 3.8) is 0 Å². The first-order chi connectivity index (χ1) is 13.7. The summed E-state index contributed by atoms with van der Waals surface area (Å²) < 4.78 is 7.67. The van der Waals surface area contributed by atoms with Gasteiger partial charge in [-0.1, -0.05) is 42.5 Å². The lowest BCUT2D eigenvalue weighted by atomic mass is 9.76. The Labute approximate surface area is 165 Å². The first kappa shape index (κ1) is 17.6. The minimum Gasteiger partial charge on any atom is -0.385 e. The second kappa shape index (κ2) is 7.17. The number of aromatic nitrogens is 2. The van der Waals surface area contributed by atoms with Crippen molar-refractivity contribution in [1.29, 1.82) is 0 Å². The normalized spacial score (nSPS) is 27.6. The van der Waals surface area contributed by atoms with Crippen LogP contribution in [-0.4, -0.2) is 45.1 Å². The predicted octanol–water partition coefficient (Wildman–Crippen LogP) is 3.12. The smallest absolute Gasteiger partial charge is 0.0928 e. The summed E-state index contributed by atoms with van der Waals surface area (Å²) in [4.78, 5) is 2.52. The van der Waals surface area contributed by atoms with Gasteiger partial charge in [0.25, 0.3) is 0 Å². The Morgan fingerprint density at radius 2 is 1.68 bits per heavy atom. The SMILES string of the molecule is OC1(c2ccc(-n3cccn3)cc2)CC2COCC(C1)N2Cc1ccccc1. The fourth-order valence-corrected chi connectivity index (χ4v) is 4.68. The van der Waals surface area contributed by atoms with Gasteiger partial charge in [-0.3, -0.25) is 4.90 Å². The maximum atomic E-state index is 11.5. The van der Waals surface area contributed by atoms with Crippen molar-refractivity contribution < 1.29 is 9.84 Å². The zero-order valence-electron chi connectivity index (χ0n) is 15.8. The van der Waals surface area contributed by atoms with Crippen LogP contribution in [0.1, 0.15) is 24.0 Å². The molecule has 2 saturated heterocycles. The van der Waals surface area contributed by atoms with Gasteiger partial charge >= 0.3 is 0 Å². The summed E-state index contributed by atoms with van der Waals surface area (Å²) in [5.41, 5.74) is 2.49. The van der Waals surface area contributed by atoms with Crippen LogP contribution in [0.4, 0.5) is 0 Å². The van der Waals surface area contributed by atoms with E-state index in [-0.39, 0.29) is 12.1 Å². The number of nitrogens with zero attached hydrogens (tertiary/aromatic N) is 3. The number of benzene rings is 2. The molecule has 2 fully saturated rings. The van der Waals surface area contributed by atoms with Gasteiger partial charge < -0.3 is 9.84 Å². The summed E-state index contributed by atoms with van der Waals surface area (Å²) in [6.07, 6.45) is 5.08. The van der Waals surface area contributed by atoms with E-state index in [4.69, 9.17) is 4.74 Å². The van der Waals surface area contributed by atoms with E-state index in [9.17, 15) is 5.11 Å². The van der Waals surface area contributed by atoms with Crippen LogP contribution in [-0.2, 0) is 16.9 Å². The largest absolute Gasteiger partial charge is 0.385 e. The van der Waals surface area contributed by atoms with Crippen LogP contribution in [0.15, 0.2) is 73.1 Å². The first-order valence-corrected chi connectivity index (χ1v) is 9.92. The van der Waals surface area contributed by atoms with Crippen LogP contribution in [0.5, 0.6) is 0 Å². The fourth-order valence-electron chi connectivity index (χ4n) is 4.68. The molecular weight excluding hydrogens is 350 g/mol. The summed E-state index contributed by atoms with van der Waals surface area (Å²) >= 11 is 0. The molecular formula is C23H25N3O2. The van der Waals surface area contributed by atoms with Crippen LogP contribution in [0, 0.1) is 0 Å². The lowest BCUT2D eigenvalue weighted by Crippen LogP contribution is -2.60. The molecule has 5 nitrogen and oxygen atoms in total. The van der Waals surface area contributed by atoms with Crippen molar-refractivity contribution in [2.75, 3.05) is 13.2 Å². The maximum Gasteiger partial charge on any atom is 0.0928 e. The highest BCUT2D eigenvalue weighted by Crippen LogP contribution is 2.41. The lowest BCUT2D eigenvalue weighted by molar-refractivity contribution is -0.149. The van der Waals surface area contributed by atoms with Crippen molar-refractivity contribution in [3.8, 4) is 5.69 Å². The summed E-state index contributed by atoms with van der Waals surface area (Å²) in [6, 6.07) is 21.1. The Morgan fingerprint density at radius 3 is 2.32 bits per heavy atom. The molecule has 0 aliphatic carbocycles. The number of rotatable bonds is 4. The maximum absolute atomic E-state index is 11.5. The minimum absolute atomic E-state index is 0.225. The van der Waals surface area contributed by atoms with Gasteiger partial charge in [-0.2, -0.15) is 5.10 Å². The number of piperidine rings is 1. The van der Waals surface area contributed by atoms with E-state index < -0.39 is 5.60 Å². The number of morpholine rings is 1. The van der Waals surface area contributed by atoms with Crippen molar-refractivity contribution in [3.05, 3.63) is 84.2 Å². The monoisotopic (exact) mass is 375 g/mol. The van der Waals surface area contributed by atoms with Crippen LogP contribution in [0.25, 0.3) is 5.69 Å². The molecule has 0 saturated carbocycles. The van der Waals surface area contributed by atoms with Gasteiger partial charge in [0, 0.05) is 31.0 Å². The molecule has 1 aromatic heterocycles. The molecule has 0 amide bonds. The van der Waals surface area contributed by atoms with Gasteiger partial charge in [0.15, 0.2) is 0 Å². The fraction of sp³-hybridized carbons (Fsp3) is 0.348. The molecule has 3 heterocycles. The molecule has 2 atom stereocenters. The minimum atomic E-state index is -0.811. The van der Waals surface area contributed by atoms with Crippen molar-refractivity contribution >= 4 is 0 Å². The first-order valence-electron chi connectivity index (χ1n) is 9.92. The van der Waals surface area contributed by atoms with Gasteiger partial charge in [-0.25, -0.2) is 4.68 Å². The zero-order chi connectivity index (χ0) is 19.0. The van der Waals surface area contributed by atoms with E-state index in [2.05, 4.69) is 40.3 Å². The zero-order valence-corrected chi connectivity index (χ0v) is 15.8. The Bertz CT molecular complexity index is 895. The molecule has 2 aromatic carbocycles. The highest BCUT2D eigenvalue weighted by atomic mass is 16.5. The highest BCUT2D eigenvalue weighted by molar-refractivity contribution is 5.36. The lowest BCUT2D eigenvalue weighted by Gasteiger charge is -2.52. The van der Waals surface area contributed by atoms with Crippen molar-refractivity contribution in [2.24, 2.45) is 0 Å². The van der Waals surface area contributed by atoms with E-state index in [0.29, 0.717) is 26.1 Å². The Kier molecular flexibility index (Phi) is 4.51. The molecule has 0 radical (unpaired) electrons. The van der Waals surface area contributed by atoms with Crippen LogP contribution >= 0.6 is 0 Å². The topological polar surface area (TPSA) is 50.5 Å². The third-order valence-corrected chi connectivity index (χ3v) is 6.09. The van der Waals surface area contributed by atoms with Gasteiger partial charge in [0.2, 0.25) is 0 Å². The molecule has 2 aliphatic heterocycles. The standard InChI is InChI=1S/C23H25N3O2/c27-23(19-7-9-20(10-8-19)26-12-4-11-24-26)13-21-16-28-17-22(14-23)25(21)15-18-5-2-1-3-6-18/h1-12,21-22,27H,13-17H2. The predicted molar refractivity (Wildman–Crippen MR) is 107 cm³/mol. The van der Waals surface area contributed by atoms with Crippen molar-refractivity contribution in [1.82, 2.24) is 14.7 Å². The molecule has 2 aliphatic rings. The summed E-state index contributed by atoms with van der Waals surface area (Å²) in [5.74, 6) is 0. The number of hydrogen-bond donors (Lipinski definition) is 1. The van der Waals surface area contributed by atoms with Crippen LogP contribution in [0.2, 0.25) is 0 Å². The van der Waals surface area contributed by atoms with Crippen molar-refractivity contribution in [2.45, 2.75) is 37.1 Å². The van der Waals surface area contributed by atoms with E-state index >= 15 is 0 Å². The molecule has 2 bridgehead atoms. The molecule has 5 rings (SSSR count). The summed E-state index contributed by atoms with van der Waals surface area (Å²) in [7, 11) is 0. The molecule has 3 aromatic rings. The molecule has 28 heavy (non-hydrogen) atoms. The van der Waals surface area contributed by atoms with E-state index in [1.54, 1.807) is 6.20 Å². The second-order valence-corrected chi connectivity index (χ2v) is 7.94. The molecule has 144 valence electrons.